The van der Waals surface area contributed by atoms with E-state index in [4.69, 9.17) is 0 Å². The molecule has 1 amide bonds. The number of thioether (sulfide) groups is 1. The van der Waals surface area contributed by atoms with Crippen LogP contribution in [0.3, 0.4) is 0 Å². The standard InChI is InChI=1S/C23H20FN5O2S/c1-2-18(21(30)27-17-11-7-6-10-16(17)24)32-23-28-20-19(25-12-13-26-20)22(31)29(23)14-15-8-4-3-5-9-15/h3-13,18H,2,14H2,1H3,(H,27,30)/t18-/m0/s1. The Morgan fingerprint density at radius 3 is 2.56 bits per heavy atom. The van der Waals surface area contributed by atoms with E-state index in [1.54, 1.807) is 12.1 Å². The number of benzene rings is 2. The number of carbonyl (C=O) groups is 1. The van der Waals surface area contributed by atoms with Gasteiger partial charge in [-0.15, -0.1) is 0 Å². The van der Waals surface area contributed by atoms with E-state index in [9.17, 15) is 14.0 Å². The molecule has 0 unspecified atom stereocenters. The summed E-state index contributed by atoms with van der Waals surface area (Å²) in [6, 6.07) is 15.5. The second-order valence-electron chi connectivity index (χ2n) is 6.98. The molecule has 162 valence electrons. The topological polar surface area (TPSA) is 89.8 Å². The van der Waals surface area contributed by atoms with Crippen LogP contribution >= 0.6 is 11.8 Å². The van der Waals surface area contributed by atoms with Gasteiger partial charge in [0.1, 0.15) is 5.82 Å². The lowest BCUT2D eigenvalue weighted by Crippen LogP contribution is -2.29. The first kappa shape index (κ1) is 21.6. The largest absolute Gasteiger partial charge is 0.323 e. The molecule has 4 rings (SSSR count). The highest BCUT2D eigenvalue weighted by atomic mass is 32.2. The molecule has 0 spiro atoms. The maximum atomic E-state index is 14.0. The fourth-order valence-corrected chi connectivity index (χ4v) is 4.15. The summed E-state index contributed by atoms with van der Waals surface area (Å²) < 4.78 is 15.5. The predicted molar refractivity (Wildman–Crippen MR) is 122 cm³/mol. The van der Waals surface area contributed by atoms with Crippen molar-refractivity contribution < 1.29 is 9.18 Å². The molecule has 2 aromatic heterocycles. The molecule has 1 atom stereocenters. The number of aromatic nitrogens is 4. The van der Waals surface area contributed by atoms with E-state index in [0.717, 1.165) is 17.3 Å². The molecule has 2 aromatic carbocycles. The summed E-state index contributed by atoms with van der Waals surface area (Å²) in [5, 5.41) is 2.37. The van der Waals surface area contributed by atoms with E-state index in [2.05, 4.69) is 20.3 Å². The summed E-state index contributed by atoms with van der Waals surface area (Å²) in [4.78, 5) is 38.9. The number of anilines is 1. The van der Waals surface area contributed by atoms with Crippen molar-refractivity contribution in [1.29, 1.82) is 0 Å². The molecule has 0 fully saturated rings. The van der Waals surface area contributed by atoms with Crippen molar-refractivity contribution in [2.75, 3.05) is 5.32 Å². The van der Waals surface area contributed by atoms with Gasteiger partial charge < -0.3 is 5.32 Å². The van der Waals surface area contributed by atoms with Gasteiger partial charge in [0.05, 0.1) is 17.5 Å². The molecule has 0 aliphatic rings. The maximum Gasteiger partial charge on any atom is 0.282 e. The van der Waals surface area contributed by atoms with Gasteiger partial charge in [-0.3, -0.25) is 14.2 Å². The Labute approximate surface area is 187 Å². The molecule has 0 aliphatic carbocycles. The van der Waals surface area contributed by atoms with Crippen LogP contribution in [-0.4, -0.2) is 30.7 Å². The SMILES string of the molecule is CC[C@H](Sc1nc2nccnc2c(=O)n1Cc1ccccc1)C(=O)Nc1ccccc1F. The quantitative estimate of drug-likeness (QED) is 0.340. The highest BCUT2D eigenvalue weighted by molar-refractivity contribution is 8.00. The number of nitrogens with zero attached hydrogens (tertiary/aromatic N) is 4. The second kappa shape index (κ2) is 9.69. The molecule has 7 nitrogen and oxygen atoms in total. The smallest absolute Gasteiger partial charge is 0.282 e. The zero-order valence-electron chi connectivity index (χ0n) is 17.2. The van der Waals surface area contributed by atoms with Gasteiger partial charge in [-0.1, -0.05) is 61.2 Å². The lowest BCUT2D eigenvalue weighted by atomic mass is 10.2. The van der Waals surface area contributed by atoms with Crippen LogP contribution in [0.4, 0.5) is 10.1 Å². The number of amides is 1. The molecule has 0 saturated carbocycles. The van der Waals surface area contributed by atoms with Gasteiger partial charge in [-0.25, -0.2) is 19.3 Å². The van der Waals surface area contributed by atoms with Crippen molar-refractivity contribution >= 4 is 34.5 Å². The highest BCUT2D eigenvalue weighted by Crippen LogP contribution is 2.26. The van der Waals surface area contributed by atoms with Crippen molar-refractivity contribution in [3.05, 3.63) is 88.7 Å². The van der Waals surface area contributed by atoms with Gasteiger partial charge in [0.25, 0.3) is 5.56 Å². The van der Waals surface area contributed by atoms with E-state index in [0.29, 0.717) is 11.6 Å². The second-order valence-corrected chi connectivity index (χ2v) is 8.15. The highest BCUT2D eigenvalue weighted by Gasteiger charge is 2.23. The van der Waals surface area contributed by atoms with Gasteiger partial charge in [0.15, 0.2) is 16.3 Å². The molecule has 32 heavy (non-hydrogen) atoms. The number of fused-ring (bicyclic) bond motifs is 1. The molecule has 4 aromatic rings. The van der Waals surface area contributed by atoms with Crippen LogP contribution in [0, 0.1) is 5.82 Å². The van der Waals surface area contributed by atoms with Crippen molar-refractivity contribution in [3.8, 4) is 0 Å². The molecular weight excluding hydrogens is 429 g/mol. The number of halogens is 1. The first-order valence-electron chi connectivity index (χ1n) is 10.0. The monoisotopic (exact) mass is 449 g/mol. The van der Waals surface area contributed by atoms with Crippen LogP contribution in [0.15, 0.2) is 76.9 Å². The minimum atomic E-state index is -0.599. The Hall–Kier alpha value is -3.59. The first-order chi connectivity index (χ1) is 15.6. The summed E-state index contributed by atoms with van der Waals surface area (Å²) >= 11 is 1.15. The van der Waals surface area contributed by atoms with E-state index in [1.807, 2.05) is 37.3 Å². The number of para-hydroxylation sites is 1. The van der Waals surface area contributed by atoms with Crippen molar-refractivity contribution in [2.45, 2.75) is 30.3 Å². The van der Waals surface area contributed by atoms with E-state index >= 15 is 0 Å². The lowest BCUT2D eigenvalue weighted by molar-refractivity contribution is -0.115. The van der Waals surface area contributed by atoms with E-state index < -0.39 is 11.1 Å². The van der Waals surface area contributed by atoms with Crippen molar-refractivity contribution in [3.63, 3.8) is 0 Å². The third-order valence-electron chi connectivity index (χ3n) is 4.79. The van der Waals surface area contributed by atoms with Crippen molar-refractivity contribution in [1.82, 2.24) is 19.5 Å². The Balaban J connectivity index is 1.70. The summed E-state index contributed by atoms with van der Waals surface area (Å²) in [5.41, 5.74) is 1.06. The third kappa shape index (κ3) is 4.67. The number of hydrogen-bond donors (Lipinski definition) is 1. The Bertz CT molecular complexity index is 1310. The van der Waals surface area contributed by atoms with Crippen molar-refractivity contribution in [2.24, 2.45) is 0 Å². The first-order valence-corrected chi connectivity index (χ1v) is 10.9. The summed E-state index contributed by atoms with van der Waals surface area (Å²) in [6.07, 6.45) is 3.36. The van der Waals surface area contributed by atoms with Gasteiger partial charge in [-0.2, -0.15) is 0 Å². The van der Waals surface area contributed by atoms with Gasteiger partial charge in [0, 0.05) is 12.4 Å². The molecule has 2 heterocycles. The zero-order chi connectivity index (χ0) is 22.5. The Kier molecular flexibility index (Phi) is 6.55. The minimum absolute atomic E-state index is 0.107. The average Bonchev–Trinajstić information content (AvgIpc) is 2.82. The maximum absolute atomic E-state index is 14.0. The molecular formula is C23H20FN5O2S. The zero-order valence-corrected chi connectivity index (χ0v) is 18.1. The molecule has 0 aliphatic heterocycles. The number of carbonyl (C=O) groups excluding carboxylic acids is 1. The van der Waals surface area contributed by atoms with Gasteiger partial charge in [0.2, 0.25) is 5.91 Å². The van der Waals surface area contributed by atoms with Crippen LogP contribution in [0.5, 0.6) is 0 Å². The summed E-state index contributed by atoms with van der Waals surface area (Å²) in [5.74, 6) is -0.886. The number of rotatable bonds is 7. The Morgan fingerprint density at radius 1 is 1.09 bits per heavy atom. The molecule has 9 heteroatoms. The van der Waals surface area contributed by atoms with Crippen LogP contribution in [0.2, 0.25) is 0 Å². The lowest BCUT2D eigenvalue weighted by Gasteiger charge is -2.18. The summed E-state index contributed by atoms with van der Waals surface area (Å²) in [6.45, 7) is 2.12. The summed E-state index contributed by atoms with van der Waals surface area (Å²) in [7, 11) is 0. The normalized spacial score (nSPS) is 11.9. The fraction of sp³-hybridized carbons (Fsp3) is 0.174. The van der Waals surface area contributed by atoms with Gasteiger partial charge in [-0.05, 0) is 24.1 Å². The number of hydrogen-bond acceptors (Lipinski definition) is 6. The van der Waals surface area contributed by atoms with Crippen LogP contribution in [0.1, 0.15) is 18.9 Å². The van der Waals surface area contributed by atoms with E-state index in [1.165, 1.54) is 29.1 Å². The Morgan fingerprint density at radius 2 is 1.81 bits per heavy atom. The predicted octanol–water partition coefficient (Wildman–Crippen LogP) is 3.88. The molecule has 0 saturated heterocycles. The van der Waals surface area contributed by atoms with Gasteiger partial charge >= 0.3 is 0 Å². The van der Waals surface area contributed by atoms with Crippen LogP contribution < -0.4 is 10.9 Å². The van der Waals surface area contributed by atoms with Crippen LogP contribution in [-0.2, 0) is 11.3 Å². The average molecular weight is 450 g/mol. The minimum Gasteiger partial charge on any atom is -0.323 e. The van der Waals surface area contributed by atoms with E-state index in [-0.39, 0.29) is 34.9 Å². The molecule has 0 bridgehead atoms. The fourth-order valence-electron chi connectivity index (χ4n) is 3.15. The number of nitrogens with one attached hydrogen (secondary N) is 1. The molecule has 0 radical (unpaired) electrons. The third-order valence-corrected chi connectivity index (χ3v) is 6.14. The van der Waals surface area contributed by atoms with Crippen LogP contribution in [0.25, 0.3) is 11.2 Å². The molecule has 1 N–H and O–H groups in total.